The minimum absolute atomic E-state index is 0.0341. The lowest BCUT2D eigenvalue weighted by Gasteiger charge is -2.12. The van der Waals surface area contributed by atoms with E-state index < -0.39 is 17.8 Å². The van der Waals surface area contributed by atoms with Gasteiger partial charge in [0.1, 0.15) is 5.56 Å². The summed E-state index contributed by atoms with van der Waals surface area (Å²) in [6, 6.07) is 5.63. The normalized spacial score (nSPS) is 18.0. The molecule has 0 spiro atoms. The van der Waals surface area contributed by atoms with Crippen molar-refractivity contribution in [1.82, 2.24) is 19.9 Å². The molecule has 5 rings (SSSR count). The van der Waals surface area contributed by atoms with Gasteiger partial charge >= 0.3 is 6.18 Å². The first-order valence-corrected chi connectivity index (χ1v) is 9.66. The highest BCUT2D eigenvalue weighted by Gasteiger charge is 2.36. The predicted octanol–water partition coefficient (Wildman–Crippen LogP) is 3.05. The molecule has 1 aromatic carbocycles. The van der Waals surface area contributed by atoms with Crippen LogP contribution in [-0.4, -0.2) is 46.6 Å². The topological polar surface area (TPSA) is 87.0 Å². The Labute approximate surface area is 173 Å². The van der Waals surface area contributed by atoms with Crippen molar-refractivity contribution in [1.29, 1.82) is 0 Å². The smallest absolute Gasteiger partial charge is 0.433 e. The van der Waals surface area contributed by atoms with Crippen LogP contribution in [-0.2, 0) is 10.9 Å². The summed E-state index contributed by atoms with van der Waals surface area (Å²) in [6.45, 7) is 0.938. The molecule has 0 unspecified atom stereocenters. The Bertz CT molecular complexity index is 1160. The summed E-state index contributed by atoms with van der Waals surface area (Å²) in [7, 11) is 0. The van der Waals surface area contributed by atoms with Gasteiger partial charge in [-0.05, 0) is 37.1 Å². The highest BCUT2D eigenvalue weighted by molar-refractivity contribution is 6.00. The number of halogens is 3. The summed E-state index contributed by atoms with van der Waals surface area (Å²) < 4.78 is 57.9. The summed E-state index contributed by atoms with van der Waals surface area (Å²) in [6.07, 6.45) is -1.99. The van der Waals surface area contributed by atoms with E-state index in [9.17, 15) is 18.0 Å². The molecule has 4 heterocycles. The van der Waals surface area contributed by atoms with Crippen LogP contribution in [0, 0.1) is 0 Å². The van der Waals surface area contributed by atoms with Gasteiger partial charge < -0.3 is 19.5 Å². The van der Waals surface area contributed by atoms with Crippen LogP contribution in [0.5, 0.6) is 11.5 Å². The molecule has 0 aliphatic carbocycles. The highest BCUT2D eigenvalue weighted by atomic mass is 19.4. The number of hydrogen-bond acceptors (Lipinski definition) is 6. The molecular weight excluding hydrogens is 417 g/mol. The number of carbonyl (C=O) groups excluding carboxylic acids is 1. The van der Waals surface area contributed by atoms with Crippen molar-refractivity contribution in [3.05, 3.63) is 41.7 Å². The Morgan fingerprint density at radius 2 is 2.06 bits per heavy atom. The lowest BCUT2D eigenvalue weighted by atomic mass is 10.1. The molecule has 31 heavy (non-hydrogen) atoms. The molecule has 3 aromatic rings. The molecule has 1 N–H and O–H groups in total. The van der Waals surface area contributed by atoms with Crippen LogP contribution < -0.4 is 14.8 Å². The number of aromatic nitrogens is 3. The largest absolute Gasteiger partial charge is 0.454 e. The quantitative estimate of drug-likeness (QED) is 0.679. The SMILES string of the molecule is O=C(NC[C@@H]1CCCO1)c1cnn2c(C(F)(F)F)cc(-c3ccc4c(c3)OCO4)nc12. The van der Waals surface area contributed by atoms with Crippen LogP contribution >= 0.6 is 0 Å². The third-order valence-corrected chi connectivity index (χ3v) is 5.19. The van der Waals surface area contributed by atoms with Crippen LogP contribution in [0.3, 0.4) is 0 Å². The van der Waals surface area contributed by atoms with Gasteiger partial charge in [-0.25, -0.2) is 9.50 Å². The lowest BCUT2D eigenvalue weighted by molar-refractivity contribution is -0.142. The van der Waals surface area contributed by atoms with E-state index in [1.165, 1.54) is 0 Å². The molecule has 2 aromatic heterocycles. The molecule has 1 amide bonds. The van der Waals surface area contributed by atoms with Gasteiger partial charge in [0.25, 0.3) is 5.91 Å². The van der Waals surface area contributed by atoms with Crippen molar-refractivity contribution >= 4 is 11.6 Å². The maximum atomic E-state index is 13.7. The molecule has 11 heteroatoms. The number of carbonyl (C=O) groups is 1. The van der Waals surface area contributed by atoms with E-state index >= 15 is 0 Å². The van der Waals surface area contributed by atoms with Gasteiger partial charge in [0.2, 0.25) is 6.79 Å². The average Bonchev–Trinajstić information content (AvgIpc) is 3.50. The Hall–Kier alpha value is -3.34. The predicted molar refractivity (Wildman–Crippen MR) is 101 cm³/mol. The van der Waals surface area contributed by atoms with E-state index in [1.807, 2.05) is 0 Å². The van der Waals surface area contributed by atoms with Crippen LogP contribution in [0.1, 0.15) is 28.9 Å². The number of hydrogen-bond donors (Lipinski definition) is 1. The molecule has 1 fully saturated rings. The van der Waals surface area contributed by atoms with Gasteiger partial charge in [-0.1, -0.05) is 0 Å². The van der Waals surface area contributed by atoms with E-state index in [2.05, 4.69) is 15.4 Å². The van der Waals surface area contributed by atoms with Gasteiger partial charge in [0, 0.05) is 18.7 Å². The van der Waals surface area contributed by atoms with Gasteiger partial charge in [0.05, 0.1) is 18.0 Å². The van der Waals surface area contributed by atoms with E-state index in [0.717, 1.165) is 25.1 Å². The molecule has 162 valence electrons. The Kier molecular flexibility index (Phi) is 4.69. The molecule has 0 radical (unpaired) electrons. The van der Waals surface area contributed by atoms with E-state index in [4.69, 9.17) is 14.2 Å². The molecular formula is C20H17F3N4O4. The number of amides is 1. The van der Waals surface area contributed by atoms with Crippen molar-refractivity contribution in [3.63, 3.8) is 0 Å². The number of nitrogens with one attached hydrogen (secondary N) is 1. The van der Waals surface area contributed by atoms with Gasteiger partial charge in [-0.2, -0.15) is 18.3 Å². The average molecular weight is 434 g/mol. The molecule has 1 saturated heterocycles. The van der Waals surface area contributed by atoms with E-state index in [0.29, 0.717) is 28.2 Å². The Morgan fingerprint density at radius 3 is 2.84 bits per heavy atom. The zero-order valence-electron chi connectivity index (χ0n) is 16.1. The van der Waals surface area contributed by atoms with Gasteiger partial charge in [0.15, 0.2) is 22.8 Å². The summed E-state index contributed by atoms with van der Waals surface area (Å²) in [4.78, 5) is 17.0. The number of rotatable bonds is 4. The van der Waals surface area contributed by atoms with Crippen LogP contribution in [0.15, 0.2) is 30.5 Å². The molecule has 2 aliphatic heterocycles. The fourth-order valence-corrected chi connectivity index (χ4v) is 3.64. The number of alkyl halides is 3. The minimum Gasteiger partial charge on any atom is -0.454 e. The Balaban J connectivity index is 1.55. The zero-order chi connectivity index (χ0) is 21.6. The molecule has 0 saturated carbocycles. The van der Waals surface area contributed by atoms with Crippen molar-refractivity contribution in [2.24, 2.45) is 0 Å². The number of ether oxygens (including phenoxy) is 3. The lowest BCUT2D eigenvalue weighted by Crippen LogP contribution is -2.31. The van der Waals surface area contributed by atoms with Crippen LogP contribution in [0.2, 0.25) is 0 Å². The summed E-state index contributed by atoms with van der Waals surface area (Å²) >= 11 is 0. The van der Waals surface area contributed by atoms with Crippen molar-refractivity contribution in [2.75, 3.05) is 19.9 Å². The second kappa shape index (κ2) is 7.41. The first kappa shape index (κ1) is 19.6. The molecule has 1 atom stereocenters. The highest BCUT2D eigenvalue weighted by Crippen LogP contribution is 2.37. The summed E-state index contributed by atoms with van der Waals surface area (Å²) in [5.74, 6) is 0.351. The van der Waals surface area contributed by atoms with E-state index in [-0.39, 0.29) is 36.3 Å². The Morgan fingerprint density at radius 1 is 1.23 bits per heavy atom. The summed E-state index contributed by atoms with van der Waals surface area (Å²) in [5.41, 5.74) is -0.849. The van der Waals surface area contributed by atoms with Gasteiger partial charge in [-0.3, -0.25) is 4.79 Å². The zero-order valence-corrected chi connectivity index (χ0v) is 16.1. The molecule has 0 bridgehead atoms. The third-order valence-electron chi connectivity index (χ3n) is 5.19. The molecule has 8 nitrogen and oxygen atoms in total. The standard InChI is InChI=1S/C20H17F3N4O4/c21-20(22,23)17-7-14(11-3-4-15-16(6-11)31-10-30-15)26-18-13(9-25-27(17)18)19(28)24-8-12-2-1-5-29-12/h3-4,6-7,9,12H,1-2,5,8,10H2,(H,24,28)/t12-/m0/s1. The minimum atomic E-state index is -4.70. The first-order valence-electron chi connectivity index (χ1n) is 9.66. The van der Waals surface area contributed by atoms with Crippen molar-refractivity contribution in [2.45, 2.75) is 25.1 Å². The number of fused-ring (bicyclic) bond motifs is 2. The number of benzene rings is 1. The third kappa shape index (κ3) is 3.65. The van der Waals surface area contributed by atoms with Gasteiger partial charge in [-0.15, -0.1) is 0 Å². The monoisotopic (exact) mass is 434 g/mol. The van der Waals surface area contributed by atoms with E-state index in [1.54, 1.807) is 18.2 Å². The maximum absolute atomic E-state index is 13.7. The second-order valence-electron chi connectivity index (χ2n) is 7.23. The van der Waals surface area contributed by atoms with Crippen LogP contribution in [0.25, 0.3) is 16.9 Å². The fraction of sp³-hybridized carbons (Fsp3) is 0.350. The molecule has 2 aliphatic rings. The number of nitrogens with zero attached hydrogens (tertiary/aromatic N) is 3. The van der Waals surface area contributed by atoms with Crippen molar-refractivity contribution in [3.8, 4) is 22.8 Å². The fourth-order valence-electron chi connectivity index (χ4n) is 3.64. The summed E-state index contributed by atoms with van der Waals surface area (Å²) in [5, 5.41) is 6.47. The maximum Gasteiger partial charge on any atom is 0.433 e. The van der Waals surface area contributed by atoms with Crippen molar-refractivity contribution < 1.29 is 32.2 Å². The first-order chi connectivity index (χ1) is 14.9. The second-order valence-corrected chi connectivity index (χ2v) is 7.23. The van der Waals surface area contributed by atoms with Crippen LogP contribution in [0.4, 0.5) is 13.2 Å².